The SMILES string of the molecule is CCCc1nnc(NC(=O)C(C)(C)c2ccc(OC)c(OC)c2)s1. The zero-order chi connectivity index (χ0) is 17.7. The van der Waals surface area contributed by atoms with E-state index in [2.05, 4.69) is 22.4 Å². The van der Waals surface area contributed by atoms with Gasteiger partial charge < -0.3 is 9.47 Å². The first kappa shape index (κ1) is 18.2. The maximum absolute atomic E-state index is 12.7. The molecule has 0 fully saturated rings. The molecule has 0 atom stereocenters. The smallest absolute Gasteiger partial charge is 0.236 e. The van der Waals surface area contributed by atoms with Gasteiger partial charge in [-0.25, -0.2) is 0 Å². The minimum Gasteiger partial charge on any atom is -0.493 e. The Morgan fingerprint density at radius 2 is 1.92 bits per heavy atom. The van der Waals surface area contributed by atoms with Gasteiger partial charge in [-0.3, -0.25) is 10.1 Å². The minimum absolute atomic E-state index is 0.145. The third kappa shape index (κ3) is 3.84. The van der Waals surface area contributed by atoms with Gasteiger partial charge in [0.2, 0.25) is 11.0 Å². The van der Waals surface area contributed by atoms with Crippen molar-refractivity contribution in [2.24, 2.45) is 0 Å². The number of anilines is 1. The average molecular weight is 349 g/mol. The number of aromatic nitrogens is 2. The third-order valence-corrected chi connectivity index (χ3v) is 4.72. The number of carbonyl (C=O) groups is 1. The fourth-order valence-corrected chi connectivity index (χ4v) is 3.06. The molecule has 0 unspecified atom stereocenters. The summed E-state index contributed by atoms with van der Waals surface area (Å²) in [6, 6.07) is 5.48. The molecule has 0 aliphatic rings. The molecule has 0 bridgehead atoms. The molecule has 0 aliphatic heterocycles. The number of carbonyl (C=O) groups excluding carboxylic acids is 1. The van der Waals surface area contributed by atoms with E-state index in [1.807, 2.05) is 26.0 Å². The van der Waals surface area contributed by atoms with Crippen LogP contribution in [0, 0.1) is 0 Å². The highest BCUT2D eigenvalue weighted by molar-refractivity contribution is 7.15. The number of nitrogens with zero attached hydrogens (tertiary/aromatic N) is 2. The Bertz CT molecular complexity index is 713. The van der Waals surface area contributed by atoms with Crippen molar-refractivity contribution in [3.05, 3.63) is 28.8 Å². The maximum Gasteiger partial charge on any atom is 0.236 e. The molecule has 1 N–H and O–H groups in total. The Hall–Kier alpha value is -2.15. The van der Waals surface area contributed by atoms with Gasteiger partial charge in [-0.15, -0.1) is 10.2 Å². The van der Waals surface area contributed by atoms with Crippen molar-refractivity contribution < 1.29 is 14.3 Å². The van der Waals surface area contributed by atoms with Crippen molar-refractivity contribution in [2.45, 2.75) is 39.0 Å². The van der Waals surface area contributed by atoms with Crippen LogP contribution in [0.1, 0.15) is 37.8 Å². The number of aryl methyl sites for hydroxylation is 1. The van der Waals surface area contributed by atoms with Crippen LogP contribution in [0.2, 0.25) is 0 Å². The molecule has 2 aromatic rings. The number of hydrogen-bond donors (Lipinski definition) is 1. The molecule has 1 heterocycles. The van der Waals surface area contributed by atoms with E-state index in [0.717, 1.165) is 23.4 Å². The van der Waals surface area contributed by atoms with Crippen molar-refractivity contribution in [2.75, 3.05) is 19.5 Å². The molecule has 0 radical (unpaired) electrons. The number of nitrogens with one attached hydrogen (secondary N) is 1. The van der Waals surface area contributed by atoms with Crippen LogP contribution < -0.4 is 14.8 Å². The van der Waals surface area contributed by atoms with Gasteiger partial charge in [0.1, 0.15) is 5.01 Å². The monoisotopic (exact) mass is 349 g/mol. The van der Waals surface area contributed by atoms with Crippen LogP contribution >= 0.6 is 11.3 Å². The molecule has 0 saturated heterocycles. The Balaban J connectivity index is 2.20. The van der Waals surface area contributed by atoms with Crippen molar-refractivity contribution in [3.8, 4) is 11.5 Å². The molecule has 2 rings (SSSR count). The lowest BCUT2D eigenvalue weighted by atomic mass is 9.83. The number of hydrogen-bond acceptors (Lipinski definition) is 6. The zero-order valence-corrected chi connectivity index (χ0v) is 15.5. The second-order valence-electron chi connectivity index (χ2n) is 5.90. The fourth-order valence-electron chi connectivity index (χ4n) is 2.23. The largest absolute Gasteiger partial charge is 0.493 e. The van der Waals surface area contributed by atoms with E-state index in [1.54, 1.807) is 20.3 Å². The van der Waals surface area contributed by atoms with Gasteiger partial charge in [0.05, 0.1) is 19.6 Å². The van der Waals surface area contributed by atoms with Crippen LogP contribution in [0.5, 0.6) is 11.5 Å². The number of methoxy groups -OCH3 is 2. The molecule has 24 heavy (non-hydrogen) atoms. The average Bonchev–Trinajstić information content (AvgIpc) is 3.01. The molecular weight excluding hydrogens is 326 g/mol. The van der Waals surface area contributed by atoms with Crippen molar-refractivity contribution in [1.82, 2.24) is 10.2 Å². The number of ether oxygens (including phenoxy) is 2. The molecule has 130 valence electrons. The van der Waals surface area contributed by atoms with Gasteiger partial charge in [0.15, 0.2) is 11.5 Å². The van der Waals surface area contributed by atoms with E-state index in [-0.39, 0.29) is 5.91 Å². The zero-order valence-electron chi connectivity index (χ0n) is 14.7. The summed E-state index contributed by atoms with van der Waals surface area (Å²) in [4.78, 5) is 12.7. The minimum atomic E-state index is -0.754. The van der Waals surface area contributed by atoms with Crippen LogP contribution in [0.25, 0.3) is 0 Å². The van der Waals surface area contributed by atoms with E-state index in [4.69, 9.17) is 9.47 Å². The van der Waals surface area contributed by atoms with Crippen LogP contribution in [0.4, 0.5) is 5.13 Å². The first-order valence-electron chi connectivity index (χ1n) is 7.78. The summed E-state index contributed by atoms with van der Waals surface area (Å²) in [6.45, 7) is 5.80. The lowest BCUT2D eigenvalue weighted by Crippen LogP contribution is -2.34. The number of rotatable bonds is 7. The molecular formula is C17H23N3O3S. The second-order valence-corrected chi connectivity index (χ2v) is 6.96. The molecule has 1 aromatic carbocycles. The molecule has 7 heteroatoms. The van der Waals surface area contributed by atoms with E-state index in [9.17, 15) is 4.79 Å². The number of amides is 1. The molecule has 0 spiro atoms. The molecule has 0 saturated carbocycles. The predicted octanol–water partition coefficient (Wildman–Crippen LogP) is 3.42. The van der Waals surface area contributed by atoms with Crippen molar-refractivity contribution in [3.63, 3.8) is 0 Å². The highest BCUT2D eigenvalue weighted by Gasteiger charge is 2.31. The van der Waals surface area contributed by atoms with E-state index in [1.165, 1.54) is 11.3 Å². The van der Waals surface area contributed by atoms with Crippen molar-refractivity contribution in [1.29, 1.82) is 0 Å². The summed E-state index contributed by atoms with van der Waals surface area (Å²) in [5.74, 6) is 1.08. The van der Waals surface area contributed by atoms with Crippen LogP contribution in [0.3, 0.4) is 0 Å². The molecule has 0 aliphatic carbocycles. The highest BCUT2D eigenvalue weighted by Crippen LogP contribution is 2.34. The van der Waals surface area contributed by atoms with Crippen LogP contribution in [-0.4, -0.2) is 30.3 Å². The summed E-state index contributed by atoms with van der Waals surface area (Å²) in [6.07, 6.45) is 1.87. The summed E-state index contributed by atoms with van der Waals surface area (Å²) in [5.41, 5.74) is 0.0758. The van der Waals surface area contributed by atoms with E-state index >= 15 is 0 Å². The maximum atomic E-state index is 12.7. The molecule has 1 amide bonds. The van der Waals surface area contributed by atoms with Crippen LogP contribution in [-0.2, 0) is 16.6 Å². The quantitative estimate of drug-likeness (QED) is 0.829. The van der Waals surface area contributed by atoms with E-state index < -0.39 is 5.41 Å². The molecule has 1 aromatic heterocycles. The lowest BCUT2D eigenvalue weighted by Gasteiger charge is -2.24. The molecule has 6 nitrogen and oxygen atoms in total. The number of benzene rings is 1. The Kier molecular flexibility index (Phi) is 5.77. The Labute approximate surface area is 146 Å². The highest BCUT2D eigenvalue weighted by atomic mass is 32.1. The second kappa shape index (κ2) is 7.61. The van der Waals surface area contributed by atoms with Gasteiger partial charge in [-0.1, -0.05) is 24.3 Å². The predicted molar refractivity (Wildman–Crippen MR) is 95.1 cm³/mol. The van der Waals surface area contributed by atoms with Gasteiger partial charge >= 0.3 is 0 Å². The van der Waals surface area contributed by atoms with E-state index in [0.29, 0.717) is 16.6 Å². The standard InChI is InChI=1S/C17H23N3O3S/c1-6-7-14-19-20-16(24-14)18-15(21)17(2,3)11-8-9-12(22-4)13(10-11)23-5/h8-10H,6-7H2,1-5H3,(H,18,20,21). The lowest BCUT2D eigenvalue weighted by molar-refractivity contribution is -0.120. The third-order valence-electron chi connectivity index (χ3n) is 3.82. The van der Waals surface area contributed by atoms with Gasteiger partial charge in [0, 0.05) is 6.42 Å². The summed E-state index contributed by atoms with van der Waals surface area (Å²) >= 11 is 1.41. The first-order valence-corrected chi connectivity index (χ1v) is 8.60. The summed E-state index contributed by atoms with van der Waals surface area (Å²) in [5, 5.41) is 12.4. The normalized spacial score (nSPS) is 11.2. The van der Waals surface area contributed by atoms with Crippen LogP contribution in [0.15, 0.2) is 18.2 Å². The van der Waals surface area contributed by atoms with Gasteiger partial charge in [-0.05, 0) is 38.0 Å². The fraction of sp³-hybridized carbons (Fsp3) is 0.471. The van der Waals surface area contributed by atoms with Gasteiger partial charge in [-0.2, -0.15) is 0 Å². The summed E-state index contributed by atoms with van der Waals surface area (Å²) in [7, 11) is 3.16. The van der Waals surface area contributed by atoms with Gasteiger partial charge in [0.25, 0.3) is 0 Å². The Morgan fingerprint density at radius 1 is 1.21 bits per heavy atom. The topological polar surface area (TPSA) is 73.3 Å². The summed E-state index contributed by atoms with van der Waals surface area (Å²) < 4.78 is 10.6. The Morgan fingerprint density at radius 3 is 2.54 bits per heavy atom. The van der Waals surface area contributed by atoms with Crippen molar-refractivity contribution >= 4 is 22.4 Å². The first-order chi connectivity index (χ1) is 11.4.